The molecule has 2 aliphatic rings. The van der Waals surface area contributed by atoms with E-state index in [1.54, 1.807) is 0 Å². The Labute approximate surface area is 84.2 Å². The van der Waals surface area contributed by atoms with E-state index >= 15 is 0 Å². The summed E-state index contributed by atoms with van der Waals surface area (Å²) in [5, 5.41) is 0. The maximum atomic E-state index is 5.34. The molecule has 2 nitrogen and oxygen atoms in total. The highest BCUT2D eigenvalue weighted by atomic mass is 16.7. The number of fused-ring (bicyclic) bond motifs is 1. The molecular formula is C12H14O2. The summed E-state index contributed by atoms with van der Waals surface area (Å²) < 4.78 is 10.6. The predicted octanol–water partition coefficient (Wildman–Crippen LogP) is 2.90. The van der Waals surface area contributed by atoms with Crippen LogP contribution in [-0.4, -0.2) is 6.79 Å². The van der Waals surface area contributed by atoms with Crippen LogP contribution in [0.3, 0.4) is 0 Å². The minimum atomic E-state index is 0.334. The van der Waals surface area contributed by atoms with E-state index in [0.29, 0.717) is 12.7 Å². The van der Waals surface area contributed by atoms with Crippen LogP contribution in [0.15, 0.2) is 41.1 Å². The van der Waals surface area contributed by atoms with Crippen molar-refractivity contribution in [3.05, 3.63) is 41.1 Å². The van der Waals surface area contributed by atoms with E-state index in [9.17, 15) is 0 Å². The molecule has 0 atom stereocenters. The molecule has 1 aliphatic heterocycles. The second-order valence-electron chi connectivity index (χ2n) is 3.88. The summed E-state index contributed by atoms with van der Waals surface area (Å²) in [6.07, 6.45) is 6.82. The van der Waals surface area contributed by atoms with E-state index < -0.39 is 0 Å². The fourth-order valence-corrected chi connectivity index (χ4v) is 1.52. The van der Waals surface area contributed by atoms with Crippen LogP contribution in [0.1, 0.15) is 20.3 Å². The first-order chi connectivity index (χ1) is 6.75. The molecule has 0 saturated carbocycles. The molecule has 0 amide bonds. The SMILES string of the molecule is CC(C)CC1=C=CC=C2OCOC2=C1. The summed E-state index contributed by atoms with van der Waals surface area (Å²) in [5.74, 6) is 2.28. The van der Waals surface area contributed by atoms with E-state index in [1.165, 1.54) is 5.57 Å². The van der Waals surface area contributed by atoms with Gasteiger partial charge >= 0.3 is 0 Å². The molecular weight excluding hydrogens is 176 g/mol. The largest absolute Gasteiger partial charge is 0.454 e. The van der Waals surface area contributed by atoms with Crippen LogP contribution in [0.2, 0.25) is 0 Å². The predicted molar refractivity (Wildman–Crippen MR) is 54.3 cm³/mol. The molecule has 1 fully saturated rings. The van der Waals surface area contributed by atoms with Crippen molar-refractivity contribution in [3.8, 4) is 0 Å². The van der Waals surface area contributed by atoms with Crippen molar-refractivity contribution < 1.29 is 9.47 Å². The van der Waals surface area contributed by atoms with Gasteiger partial charge in [-0.3, -0.25) is 0 Å². The van der Waals surface area contributed by atoms with Gasteiger partial charge in [-0.05, 0) is 36.1 Å². The number of hydrogen-bond acceptors (Lipinski definition) is 2. The highest BCUT2D eigenvalue weighted by molar-refractivity contribution is 5.36. The van der Waals surface area contributed by atoms with Crippen LogP contribution in [0.5, 0.6) is 0 Å². The van der Waals surface area contributed by atoms with E-state index in [1.807, 2.05) is 18.2 Å². The molecule has 0 spiro atoms. The molecule has 2 heteroatoms. The molecule has 0 aromatic carbocycles. The molecule has 14 heavy (non-hydrogen) atoms. The second kappa shape index (κ2) is 3.77. The molecule has 1 heterocycles. The van der Waals surface area contributed by atoms with E-state index in [0.717, 1.165) is 17.9 Å². The maximum absolute atomic E-state index is 5.34. The Balaban J connectivity index is 2.22. The Hall–Kier alpha value is -1.40. The minimum absolute atomic E-state index is 0.334. The zero-order valence-electron chi connectivity index (χ0n) is 8.54. The molecule has 0 unspecified atom stereocenters. The van der Waals surface area contributed by atoms with Gasteiger partial charge in [-0.2, -0.15) is 0 Å². The van der Waals surface area contributed by atoms with Gasteiger partial charge in [0.1, 0.15) is 0 Å². The molecule has 1 saturated heterocycles. The highest BCUT2D eigenvalue weighted by Crippen LogP contribution is 2.25. The van der Waals surface area contributed by atoms with Crippen LogP contribution >= 0.6 is 0 Å². The van der Waals surface area contributed by atoms with Crippen LogP contribution in [0.25, 0.3) is 0 Å². The topological polar surface area (TPSA) is 18.5 Å². The van der Waals surface area contributed by atoms with Gasteiger partial charge in [0.05, 0.1) is 0 Å². The molecule has 0 N–H and O–H groups in total. The molecule has 0 aromatic heterocycles. The van der Waals surface area contributed by atoms with Crippen LogP contribution < -0.4 is 0 Å². The maximum Gasteiger partial charge on any atom is 0.231 e. The van der Waals surface area contributed by atoms with E-state index in [-0.39, 0.29) is 0 Å². The van der Waals surface area contributed by atoms with Gasteiger partial charge in [-0.15, -0.1) is 5.73 Å². The third-order valence-electron chi connectivity index (χ3n) is 2.11. The first kappa shape index (κ1) is 9.17. The summed E-state index contributed by atoms with van der Waals surface area (Å²) in [5.41, 5.74) is 4.39. The quantitative estimate of drug-likeness (QED) is 0.623. The summed E-state index contributed by atoms with van der Waals surface area (Å²) in [6, 6.07) is 0. The van der Waals surface area contributed by atoms with E-state index in [2.05, 4.69) is 19.6 Å². The molecule has 0 bridgehead atoms. The van der Waals surface area contributed by atoms with Crippen LogP contribution in [0.4, 0.5) is 0 Å². The Morgan fingerprint density at radius 1 is 1.36 bits per heavy atom. The number of ether oxygens (including phenoxy) is 2. The summed E-state index contributed by atoms with van der Waals surface area (Å²) in [7, 11) is 0. The lowest BCUT2D eigenvalue weighted by molar-refractivity contribution is 0.0976. The monoisotopic (exact) mass is 190 g/mol. The average Bonchev–Trinajstić information content (AvgIpc) is 2.44. The Bertz CT molecular complexity index is 353. The van der Waals surface area contributed by atoms with Crippen molar-refractivity contribution in [1.29, 1.82) is 0 Å². The van der Waals surface area contributed by atoms with Crippen LogP contribution in [0, 0.1) is 5.92 Å². The normalized spacial score (nSPS) is 18.9. The number of rotatable bonds is 2. The number of hydrogen-bond donors (Lipinski definition) is 0. The fraction of sp³-hybridized carbons (Fsp3) is 0.417. The Kier molecular flexibility index (Phi) is 2.47. The lowest BCUT2D eigenvalue weighted by Crippen LogP contribution is -1.90. The molecule has 0 radical (unpaired) electrons. The van der Waals surface area contributed by atoms with Crippen molar-refractivity contribution >= 4 is 0 Å². The van der Waals surface area contributed by atoms with Crippen molar-refractivity contribution in [1.82, 2.24) is 0 Å². The van der Waals surface area contributed by atoms with Gasteiger partial charge in [0, 0.05) is 0 Å². The third-order valence-corrected chi connectivity index (χ3v) is 2.11. The second-order valence-corrected chi connectivity index (χ2v) is 3.88. The molecule has 2 rings (SSSR count). The van der Waals surface area contributed by atoms with Crippen molar-refractivity contribution in [2.24, 2.45) is 5.92 Å². The first-order valence-corrected chi connectivity index (χ1v) is 4.89. The third kappa shape index (κ3) is 1.91. The zero-order valence-corrected chi connectivity index (χ0v) is 8.54. The Morgan fingerprint density at radius 3 is 2.93 bits per heavy atom. The Morgan fingerprint density at radius 2 is 2.14 bits per heavy atom. The molecule has 0 aromatic rings. The smallest absolute Gasteiger partial charge is 0.231 e. The first-order valence-electron chi connectivity index (χ1n) is 4.89. The van der Waals surface area contributed by atoms with Gasteiger partial charge < -0.3 is 9.47 Å². The summed E-state index contributed by atoms with van der Waals surface area (Å²) >= 11 is 0. The summed E-state index contributed by atoms with van der Waals surface area (Å²) in [4.78, 5) is 0. The van der Waals surface area contributed by atoms with E-state index in [4.69, 9.17) is 9.47 Å². The van der Waals surface area contributed by atoms with Crippen LogP contribution in [-0.2, 0) is 9.47 Å². The number of allylic oxidation sites excluding steroid dienone is 3. The van der Waals surface area contributed by atoms with Gasteiger partial charge in [0.2, 0.25) is 6.79 Å². The van der Waals surface area contributed by atoms with Crippen molar-refractivity contribution in [3.63, 3.8) is 0 Å². The van der Waals surface area contributed by atoms with Gasteiger partial charge in [-0.25, -0.2) is 0 Å². The lowest BCUT2D eigenvalue weighted by Gasteiger charge is -2.03. The zero-order chi connectivity index (χ0) is 9.97. The minimum Gasteiger partial charge on any atom is -0.454 e. The fourth-order valence-electron chi connectivity index (χ4n) is 1.52. The summed E-state index contributed by atoms with van der Waals surface area (Å²) in [6.45, 7) is 4.72. The lowest BCUT2D eigenvalue weighted by atomic mass is 10.0. The highest BCUT2D eigenvalue weighted by Gasteiger charge is 2.17. The molecule has 1 aliphatic carbocycles. The van der Waals surface area contributed by atoms with Gasteiger partial charge in [-0.1, -0.05) is 13.8 Å². The van der Waals surface area contributed by atoms with Crippen molar-refractivity contribution in [2.45, 2.75) is 20.3 Å². The average molecular weight is 190 g/mol. The van der Waals surface area contributed by atoms with Crippen molar-refractivity contribution in [2.75, 3.05) is 6.79 Å². The van der Waals surface area contributed by atoms with Gasteiger partial charge in [0.25, 0.3) is 0 Å². The molecule has 74 valence electrons. The van der Waals surface area contributed by atoms with Gasteiger partial charge in [0.15, 0.2) is 11.5 Å². The standard InChI is InChI=1S/C12H14O2/c1-9(2)6-10-4-3-5-11-12(7-10)14-8-13-11/h3,5,7,9H,6,8H2,1-2H3.